The molecule has 2 aliphatic rings. The molecule has 9 heteroatoms. The number of hydrogen-bond acceptors (Lipinski definition) is 6. The Balaban J connectivity index is 1.90. The zero-order valence-electron chi connectivity index (χ0n) is 11.5. The Kier molecular flexibility index (Phi) is 4.18. The maximum Gasteiger partial charge on any atom is 0.266 e. The van der Waals surface area contributed by atoms with Crippen molar-refractivity contribution in [2.45, 2.75) is 18.9 Å². The molecule has 0 spiro atoms. The number of carbonyl (C=O) groups excluding carboxylic acids is 1. The van der Waals surface area contributed by atoms with Crippen LogP contribution < -0.4 is 19.9 Å². The number of oxime groups is 1. The molecule has 1 unspecified atom stereocenters. The lowest BCUT2D eigenvalue weighted by molar-refractivity contribution is -0.112. The van der Waals surface area contributed by atoms with Crippen molar-refractivity contribution < 1.29 is 23.8 Å². The average Bonchev–Trinajstić information content (AvgIpc) is 3.13. The molecule has 0 aliphatic carbocycles. The van der Waals surface area contributed by atoms with Crippen molar-refractivity contribution in [2.75, 3.05) is 13.9 Å². The molecule has 0 radical (unpaired) electrons. The van der Waals surface area contributed by atoms with Crippen LogP contribution in [0.1, 0.15) is 12.0 Å². The van der Waals surface area contributed by atoms with Gasteiger partial charge in [-0.05, 0) is 37.4 Å². The summed E-state index contributed by atoms with van der Waals surface area (Å²) in [7, 11) is 1.56. The average molecular weight is 436 g/mol. The van der Waals surface area contributed by atoms with Gasteiger partial charge in [-0.15, -0.1) is 0 Å². The summed E-state index contributed by atoms with van der Waals surface area (Å²) in [5, 5.41) is 3.71. The molecule has 1 aromatic rings. The first kappa shape index (κ1) is 15.4. The lowest BCUT2D eigenvalue weighted by Gasteiger charge is -2.16. The van der Waals surface area contributed by atoms with E-state index < -0.39 is 5.91 Å². The topological polar surface area (TPSA) is 92.4 Å². The van der Waals surface area contributed by atoms with Crippen molar-refractivity contribution in [1.82, 2.24) is 0 Å². The van der Waals surface area contributed by atoms with Crippen LogP contribution in [-0.2, 0) is 16.1 Å². The summed E-state index contributed by atoms with van der Waals surface area (Å²) in [6.07, 6.45) is 0.583. The fraction of sp³-hybridized carbons (Fsp3) is 0.385. The van der Waals surface area contributed by atoms with Crippen LogP contribution in [0.3, 0.4) is 0 Å². The van der Waals surface area contributed by atoms with Gasteiger partial charge in [0.15, 0.2) is 11.5 Å². The predicted octanol–water partition coefficient (Wildman–Crippen LogP) is 2.12. The largest absolute Gasteiger partial charge is 0.492 e. The number of rotatable bonds is 4. The molecule has 3 rings (SSSR count). The highest BCUT2D eigenvalue weighted by Gasteiger charge is 2.32. The second-order valence-electron chi connectivity index (χ2n) is 4.74. The molecule has 1 aromatic carbocycles. The van der Waals surface area contributed by atoms with Gasteiger partial charge in [0.1, 0.15) is 11.8 Å². The van der Waals surface area contributed by atoms with Crippen molar-refractivity contribution >= 4 is 43.5 Å². The Hall–Kier alpha value is -1.48. The maximum atomic E-state index is 11.1. The highest BCUT2D eigenvalue weighted by molar-refractivity contribution is 9.11. The Morgan fingerprint density at radius 2 is 2.09 bits per heavy atom. The first-order valence-corrected chi connectivity index (χ1v) is 7.97. The summed E-state index contributed by atoms with van der Waals surface area (Å²) in [5.74, 6) is 1.12. The summed E-state index contributed by atoms with van der Waals surface area (Å²) in [5.41, 5.74) is 6.33. The molecule has 2 aliphatic heterocycles. The van der Waals surface area contributed by atoms with Gasteiger partial charge in [0.25, 0.3) is 5.91 Å². The van der Waals surface area contributed by atoms with Crippen LogP contribution in [0.4, 0.5) is 0 Å². The minimum atomic E-state index is -0.566. The van der Waals surface area contributed by atoms with E-state index in [0.717, 1.165) is 14.5 Å². The molecule has 0 saturated carbocycles. The Bertz CT molecular complexity index is 677. The van der Waals surface area contributed by atoms with Crippen LogP contribution >= 0.6 is 31.9 Å². The van der Waals surface area contributed by atoms with E-state index in [1.165, 1.54) is 0 Å². The van der Waals surface area contributed by atoms with E-state index >= 15 is 0 Å². The number of benzene rings is 1. The van der Waals surface area contributed by atoms with Crippen LogP contribution in [0.5, 0.6) is 17.2 Å². The van der Waals surface area contributed by atoms with Gasteiger partial charge in [0.2, 0.25) is 12.5 Å². The summed E-state index contributed by atoms with van der Waals surface area (Å²) in [4.78, 5) is 16.4. The van der Waals surface area contributed by atoms with Crippen LogP contribution in [0.25, 0.3) is 0 Å². The van der Waals surface area contributed by atoms with E-state index in [9.17, 15) is 4.79 Å². The molecule has 2 N–H and O–H groups in total. The minimum absolute atomic E-state index is 0.134. The van der Waals surface area contributed by atoms with Crippen LogP contribution in [-0.4, -0.2) is 31.6 Å². The van der Waals surface area contributed by atoms with Gasteiger partial charge in [-0.25, -0.2) is 0 Å². The van der Waals surface area contributed by atoms with Gasteiger partial charge in [-0.2, -0.15) is 0 Å². The molecular formula is C13H12Br2N2O5. The number of methoxy groups -OCH3 is 1. The van der Waals surface area contributed by atoms with E-state index in [1.54, 1.807) is 7.11 Å². The van der Waals surface area contributed by atoms with E-state index in [1.807, 2.05) is 0 Å². The van der Waals surface area contributed by atoms with Crippen LogP contribution in [0, 0.1) is 0 Å². The molecule has 22 heavy (non-hydrogen) atoms. The van der Waals surface area contributed by atoms with E-state index in [2.05, 4.69) is 37.0 Å². The lowest BCUT2D eigenvalue weighted by atomic mass is 10.0. The Morgan fingerprint density at radius 3 is 2.73 bits per heavy atom. The highest BCUT2D eigenvalue weighted by Crippen LogP contribution is 2.52. The molecular weight excluding hydrogens is 424 g/mol. The SMILES string of the molecule is COc1c(Br)c(CC2CC(C(N)=O)=NO2)c(Br)c2c1OCO2. The van der Waals surface area contributed by atoms with Crippen LogP contribution in [0.2, 0.25) is 0 Å². The monoisotopic (exact) mass is 434 g/mol. The van der Waals surface area contributed by atoms with E-state index in [0.29, 0.717) is 30.1 Å². The zero-order chi connectivity index (χ0) is 15.9. The summed E-state index contributed by atoms with van der Waals surface area (Å²) in [6, 6.07) is 0. The molecule has 0 saturated heterocycles. The Morgan fingerprint density at radius 1 is 1.36 bits per heavy atom. The van der Waals surface area contributed by atoms with E-state index in [-0.39, 0.29) is 18.6 Å². The standard InChI is InChI=1S/C13H12Br2N2O5/c1-19-10-8(14)6(9(15)11-12(10)21-4-20-11)2-5-3-7(13(16)18)17-22-5/h5H,2-4H2,1H3,(H2,16,18). The molecule has 0 fully saturated rings. The number of nitrogens with two attached hydrogens (primary N) is 1. The van der Waals surface area contributed by atoms with Crippen molar-refractivity contribution in [3.05, 3.63) is 14.5 Å². The smallest absolute Gasteiger partial charge is 0.266 e. The number of nitrogens with zero attached hydrogens (tertiary/aromatic N) is 1. The first-order valence-electron chi connectivity index (χ1n) is 6.38. The minimum Gasteiger partial charge on any atom is -0.492 e. The van der Waals surface area contributed by atoms with Gasteiger partial charge >= 0.3 is 0 Å². The normalized spacial score (nSPS) is 18.9. The third-order valence-corrected chi connectivity index (χ3v) is 5.08. The second-order valence-corrected chi connectivity index (χ2v) is 6.33. The number of primary amides is 1. The van der Waals surface area contributed by atoms with Crippen LogP contribution in [0.15, 0.2) is 14.1 Å². The highest BCUT2D eigenvalue weighted by atomic mass is 79.9. The van der Waals surface area contributed by atoms with Gasteiger partial charge in [-0.1, -0.05) is 5.16 Å². The molecule has 1 amide bonds. The second kappa shape index (κ2) is 5.96. The number of ether oxygens (including phenoxy) is 3. The van der Waals surface area contributed by atoms with Gasteiger partial charge < -0.3 is 24.8 Å². The summed E-state index contributed by atoms with van der Waals surface area (Å²) < 4.78 is 17.8. The number of halogens is 2. The number of carbonyl (C=O) groups is 1. The van der Waals surface area contributed by atoms with E-state index in [4.69, 9.17) is 24.8 Å². The number of amides is 1. The fourth-order valence-corrected chi connectivity index (χ4v) is 3.98. The molecule has 0 bridgehead atoms. The zero-order valence-corrected chi connectivity index (χ0v) is 14.7. The first-order chi connectivity index (χ1) is 10.5. The van der Waals surface area contributed by atoms with Gasteiger partial charge in [0, 0.05) is 12.8 Å². The fourth-order valence-electron chi connectivity index (χ4n) is 2.35. The molecule has 2 heterocycles. The molecule has 118 valence electrons. The number of fused-ring (bicyclic) bond motifs is 1. The van der Waals surface area contributed by atoms with Crippen molar-refractivity contribution in [3.63, 3.8) is 0 Å². The molecule has 0 aromatic heterocycles. The van der Waals surface area contributed by atoms with Crippen molar-refractivity contribution in [1.29, 1.82) is 0 Å². The summed E-state index contributed by atoms with van der Waals surface area (Å²) in [6.45, 7) is 0.134. The lowest BCUT2D eigenvalue weighted by Crippen LogP contribution is -2.23. The van der Waals surface area contributed by atoms with Crippen molar-refractivity contribution in [3.8, 4) is 17.2 Å². The molecule has 7 nitrogen and oxygen atoms in total. The summed E-state index contributed by atoms with van der Waals surface area (Å²) >= 11 is 7.04. The number of hydrogen-bond donors (Lipinski definition) is 1. The predicted molar refractivity (Wildman–Crippen MR) is 84.3 cm³/mol. The third kappa shape index (κ3) is 2.52. The van der Waals surface area contributed by atoms with Gasteiger partial charge in [-0.3, -0.25) is 4.79 Å². The van der Waals surface area contributed by atoms with Crippen molar-refractivity contribution in [2.24, 2.45) is 10.9 Å². The Labute approximate surface area is 143 Å². The molecule has 1 atom stereocenters. The quantitative estimate of drug-likeness (QED) is 0.781. The van der Waals surface area contributed by atoms with Gasteiger partial charge in [0.05, 0.1) is 16.1 Å². The maximum absolute atomic E-state index is 11.1. The third-order valence-electron chi connectivity index (χ3n) is 3.40.